The van der Waals surface area contributed by atoms with E-state index in [4.69, 9.17) is 23.7 Å². The zero-order valence-electron chi connectivity index (χ0n) is 13.1. The Morgan fingerprint density at radius 1 is 1.21 bits per heavy atom. The summed E-state index contributed by atoms with van der Waals surface area (Å²) in [7, 11) is 1.64. The van der Waals surface area contributed by atoms with E-state index in [9.17, 15) is 4.79 Å². The molecule has 0 radical (unpaired) electrons. The van der Waals surface area contributed by atoms with Crippen molar-refractivity contribution in [2.75, 3.05) is 13.9 Å². The largest absolute Gasteiger partial charge is 0.497 e. The standard InChI is InChI=1S/C17H17NO6/c1-20-8-2-3-12-9(4-8)11(6-18-12)10-5-13(19)23-15-14(10)24-17-16(15)21-7-22-17/h2-4,6,10,14-18H,5,7H2,1H3/t10-,14-,15+,16-,17+/m1/s1. The monoisotopic (exact) mass is 331 g/mol. The molecule has 3 fully saturated rings. The summed E-state index contributed by atoms with van der Waals surface area (Å²) < 4.78 is 27.8. The molecule has 0 amide bonds. The van der Waals surface area contributed by atoms with Crippen LogP contribution in [0.1, 0.15) is 17.9 Å². The lowest BCUT2D eigenvalue weighted by Gasteiger charge is -2.33. The molecule has 5 atom stereocenters. The van der Waals surface area contributed by atoms with Crippen LogP contribution in [0.5, 0.6) is 5.75 Å². The number of carbonyl (C=O) groups is 1. The second-order valence-electron chi connectivity index (χ2n) is 6.31. The second kappa shape index (κ2) is 5.20. The van der Waals surface area contributed by atoms with Gasteiger partial charge < -0.3 is 28.7 Å². The molecule has 4 heterocycles. The highest BCUT2D eigenvalue weighted by Crippen LogP contribution is 2.44. The molecule has 3 aliphatic rings. The van der Waals surface area contributed by atoms with Gasteiger partial charge >= 0.3 is 5.97 Å². The molecule has 1 aromatic carbocycles. The van der Waals surface area contributed by atoms with E-state index in [2.05, 4.69) is 4.98 Å². The number of H-pyrrole nitrogens is 1. The fourth-order valence-corrected chi connectivity index (χ4v) is 3.94. The van der Waals surface area contributed by atoms with Gasteiger partial charge in [-0.25, -0.2) is 0 Å². The molecule has 24 heavy (non-hydrogen) atoms. The number of rotatable bonds is 2. The second-order valence-corrected chi connectivity index (χ2v) is 6.31. The Balaban J connectivity index is 1.57. The number of methoxy groups -OCH3 is 1. The number of ether oxygens (including phenoxy) is 5. The van der Waals surface area contributed by atoms with E-state index in [1.807, 2.05) is 24.4 Å². The quantitative estimate of drug-likeness (QED) is 0.844. The molecule has 7 heteroatoms. The van der Waals surface area contributed by atoms with Gasteiger partial charge in [0.15, 0.2) is 25.3 Å². The molecular formula is C17H17NO6. The molecule has 1 aromatic heterocycles. The van der Waals surface area contributed by atoms with Crippen molar-refractivity contribution in [2.24, 2.45) is 0 Å². The van der Waals surface area contributed by atoms with E-state index >= 15 is 0 Å². The number of hydrogen-bond acceptors (Lipinski definition) is 6. The van der Waals surface area contributed by atoms with Crippen LogP contribution in [0.2, 0.25) is 0 Å². The van der Waals surface area contributed by atoms with Gasteiger partial charge in [0.2, 0.25) is 0 Å². The lowest BCUT2D eigenvalue weighted by Crippen LogP contribution is -2.44. The smallest absolute Gasteiger partial charge is 0.306 e. The third-order valence-electron chi connectivity index (χ3n) is 5.07. The third-order valence-corrected chi connectivity index (χ3v) is 5.07. The minimum atomic E-state index is -0.465. The van der Waals surface area contributed by atoms with Crippen LogP contribution >= 0.6 is 0 Å². The molecule has 0 bridgehead atoms. The van der Waals surface area contributed by atoms with E-state index in [1.54, 1.807) is 7.11 Å². The Kier molecular flexibility index (Phi) is 3.09. The van der Waals surface area contributed by atoms with Crippen molar-refractivity contribution in [1.29, 1.82) is 0 Å². The summed E-state index contributed by atoms with van der Waals surface area (Å²) >= 11 is 0. The third kappa shape index (κ3) is 1.98. The average molecular weight is 331 g/mol. The normalized spacial score (nSPS) is 34.9. The Bertz CT molecular complexity index is 801. The zero-order valence-corrected chi connectivity index (χ0v) is 13.1. The molecule has 1 N–H and O–H groups in total. The van der Waals surface area contributed by atoms with Crippen LogP contribution in [0, 0.1) is 0 Å². The van der Waals surface area contributed by atoms with Crippen molar-refractivity contribution in [3.8, 4) is 5.75 Å². The number of hydrogen-bond donors (Lipinski definition) is 1. The van der Waals surface area contributed by atoms with Crippen molar-refractivity contribution in [2.45, 2.75) is 36.9 Å². The minimum absolute atomic E-state index is 0.116. The highest BCUT2D eigenvalue weighted by molar-refractivity contribution is 5.86. The van der Waals surface area contributed by atoms with Crippen molar-refractivity contribution >= 4 is 16.9 Å². The molecule has 3 saturated heterocycles. The summed E-state index contributed by atoms with van der Waals surface area (Å²) in [5.41, 5.74) is 2.02. The number of fused-ring (bicyclic) bond motifs is 4. The molecule has 0 unspecified atom stereocenters. The number of aromatic nitrogens is 1. The number of carbonyl (C=O) groups excluding carboxylic acids is 1. The van der Waals surface area contributed by atoms with Crippen LogP contribution in [0.3, 0.4) is 0 Å². The van der Waals surface area contributed by atoms with E-state index in [1.165, 1.54) is 0 Å². The maximum atomic E-state index is 12.2. The number of esters is 1. The summed E-state index contributed by atoms with van der Waals surface area (Å²) in [6, 6.07) is 5.84. The molecule has 126 valence electrons. The van der Waals surface area contributed by atoms with E-state index in [-0.39, 0.29) is 37.3 Å². The van der Waals surface area contributed by atoms with Crippen molar-refractivity contribution < 1.29 is 28.5 Å². The topological polar surface area (TPSA) is 79.0 Å². The summed E-state index contributed by atoms with van der Waals surface area (Å²) in [5.74, 6) is 0.419. The first-order chi connectivity index (χ1) is 11.7. The highest BCUT2D eigenvalue weighted by Gasteiger charge is 2.56. The Hall–Kier alpha value is -2.09. The first kappa shape index (κ1) is 14.3. The van der Waals surface area contributed by atoms with Crippen molar-refractivity contribution in [3.63, 3.8) is 0 Å². The van der Waals surface area contributed by atoms with Gasteiger partial charge in [-0.15, -0.1) is 0 Å². The average Bonchev–Trinajstić information content (AvgIpc) is 3.28. The van der Waals surface area contributed by atoms with Gasteiger partial charge in [-0.2, -0.15) is 0 Å². The number of nitrogens with one attached hydrogen (secondary N) is 1. The van der Waals surface area contributed by atoms with Crippen LogP contribution in [-0.2, 0) is 23.7 Å². The van der Waals surface area contributed by atoms with Crippen LogP contribution in [-0.4, -0.2) is 49.5 Å². The van der Waals surface area contributed by atoms with Gasteiger partial charge in [-0.1, -0.05) is 0 Å². The fourth-order valence-electron chi connectivity index (χ4n) is 3.94. The van der Waals surface area contributed by atoms with Gasteiger partial charge in [0, 0.05) is 23.0 Å². The minimum Gasteiger partial charge on any atom is -0.497 e. The van der Waals surface area contributed by atoms with E-state index in [0.717, 1.165) is 22.2 Å². The van der Waals surface area contributed by atoms with Gasteiger partial charge in [0.1, 0.15) is 11.9 Å². The number of benzene rings is 1. The summed E-state index contributed by atoms with van der Waals surface area (Å²) in [6.07, 6.45) is 0.686. The Labute approximate surface area is 137 Å². The Morgan fingerprint density at radius 3 is 3.00 bits per heavy atom. The van der Waals surface area contributed by atoms with Crippen molar-refractivity contribution in [3.05, 3.63) is 30.0 Å². The van der Waals surface area contributed by atoms with Crippen LogP contribution in [0.15, 0.2) is 24.4 Å². The summed E-state index contributed by atoms with van der Waals surface area (Å²) in [6.45, 7) is 0.172. The molecule has 5 rings (SSSR count). The molecule has 0 aliphatic carbocycles. The lowest BCUT2D eigenvalue weighted by atomic mass is 9.85. The van der Waals surface area contributed by atoms with Crippen LogP contribution in [0.25, 0.3) is 10.9 Å². The highest BCUT2D eigenvalue weighted by atomic mass is 16.8. The lowest BCUT2D eigenvalue weighted by molar-refractivity contribution is -0.177. The molecule has 7 nitrogen and oxygen atoms in total. The zero-order chi connectivity index (χ0) is 16.3. The van der Waals surface area contributed by atoms with Crippen molar-refractivity contribution in [1.82, 2.24) is 4.98 Å². The molecule has 0 spiro atoms. The molecule has 3 aliphatic heterocycles. The first-order valence-corrected chi connectivity index (χ1v) is 7.98. The fraction of sp³-hybridized carbons (Fsp3) is 0.471. The van der Waals surface area contributed by atoms with Crippen LogP contribution in [0.4, 0.5) is 0 Å². The molecule has 0 saturated carbocycles. The van der Waals surface area contributed by atoms with Gasteiger partial charge in [0.05, 0.1) is 13.5 Å². The SMILES string of the molecule is COc1ccc2[nH]cc([C@H]3CC(=O)O[C@@H]4[C@H]5OCO[C@H]5O[C@@H]43)c2c1. The summed E-state index contributed by atoms with van der Waals surface area (Å²) in [5, 5.41) is 1.02. The van der Waals surface area contributed by atoms with E-state index in [0.29, 0.717) is 0 Å². The van der Waals surface area contributed by atoms with Gasteiger partial charge in [0.25, 0.3) is 0 Å². The van der Waals surface area contributed by atoms with Gasteiger partial charge in [-0.3, -0.25) is 4.79 Å². The number of aromatic amines is 1. The first-order valence-electron chi connectivity index (χ1n) is 7.98. The predicted molar refractivity (Wildman–Crippen MR) is 81.6 cm³/mol. The maximum Gasteiger partial charge on any atom is 0.306 e. The maximum absolute atomic E-state index is 12.2. The van der Waals surface area contributed by atoms with Gasteiger partial charge in [-0.05, 0) is 23.8 Å². The molecular weight excluding hydrogens is 314 g/mol. The predicted octanol–water partition coefficient (Wildman–Crippen LogP) is 1.67. The Morgan fingerprint density at radius 2 is 2.12 bits per heavy atom. The van der Waals surface area contributed by atoms with Crippen LogP contribution < -0.4 is 4.74 Å². The van der Waals surface area contributed by atoms with E-state index < -0.39 is 12.4 Å². The molecule has 2 aromatic rings. The summed E-state index contributed by atoms with van der Waals surface area (Å²) in [4.78, 5) is 15.4.